The van der Waals surface area contributed by atoms with Crippen molar-refractivity contribution in [3.05, 3.63) is 0 Å². The van der Waals surface area contributed by atoms with Crippen LogP contribution in [0.5, 0.6) is 0 Å². The first-order valence-corrected chi connectivity index (χ1v) is 7.55. The smallest absolute Gasteiger partial charge is 0.239 e. The predicted molar refractivity (Wildman–Crippen MR) is 82.6 cm³/mol. The maximum absolute atomic E-state index is 12.0. The van der Waals surface area contributed by atoms with Gasteiger partial charge in [-0.05, 0) is 20.3 Å². The summed E-state index contributed by atoms with van der Waals surface area (Å²) in [6.45, 7) is 10.9. The van der Waals surface area contributed by atoms with Crippen molar-refractivity contribution in [2.24, 2.45) is 5.41 Å². The molecule has 0 saturated heterocycles. The average Bonchev–Trinajstić information content (AvgIpc) is 2.39. The van der Waals surface area contributed by atoms with Crippen molar-refractivity contribution in [2.45, 2.75) is 47.5 Å². The number of amides is 3. The van der Waals surface area contributed by atoms with Gasteiger partial charge in [0.05, 0.1) is 6.54 Å². The van der Waals surface area contributed by atoms with E-state index >= 15 is 0 Å². The molecule has 0 rings (SSSR count). The number of nitrogens with one attached hydrogen (secondary N) is 2. The normalized spacial score (nSPS) is 10.9. The van der Waals surface area contributed by atoms with Gasteiger partial charge < -0.3 is 15.5 Å². The maximum atomic E-state index is 12.0. The predicted octanol–water partition coefficient (Wildman–Crippen LogP) is 0.913. The van der Waals surface area contributed by atoms with E-state index in [1.54, 1.807) is 0 Å². The molecule has 0 radical (unpaired) electrons. The molecule has 6 nitrogen and oxygen atoms in total. The van der Waals surface area contributed by atoms with E-state index in [4.69, 9.17) is 0 Å². The van der Waals surface area contributed by atoms with Crippen molar-refractivity contribution in [1.29, 1.82) is 0 Å². The number of rotatable bonds is 8. The molecule has 0 aromatic carbocycles. The second-order valence-electron chi connectivity index (χ2n) is 5.97. The molecule has 0 fully saturated rings. The highest BCUT2D eigenvalue weighted by Crippen LogP contribution is 2.12. The van der Waals surface area contributed by atoms with Gasteiger partial charge in [-0.25, -0.2) is 0 Å². The minimum atomic E-state index is -0.419. The van der Waals surface area contributed by atoms with Gasteiger partial charge in [0.1, 0.15) is 0 Å². The lowest BCUT2D eigenvalue weighted by atomic mass is 9.96. The van der Waals surface area contributed by atoms with E-state index in [9.17, 15) is 14.4 Å². The lowest BCUT2D eigenvalue weighted by Gasteiger charge is -2.21. The highest BCUT2D eigenvalue weighted by atomic mass is 16.2. The molecule has 0 saturated carbocycles. The third-order valence-electron chi connectivity index (χ3n) is 2.98. The van der Waals surface area contributed by atoms with Gasteiger partial charge in [0.2, 0.25) is 17.7 Å². The van der Waals surface area contributed by atoms with Gasteiger partial charge in [-0.1, -0.05) is 20.8 Å². The zero-order valence-electron chi connectivity index (χ0n) is 13.9. The third kappa shape index (κ3) is 8.32. The second kappa shape index (κ2) is 9.37. The van der Waals surface area contributed by atoms with Crippen LogP contribution >= 0.6 is 0 Å². The summed E-state index contributed by atoms with van der Waals surface area (Å²) >= 11 is 0. The van der Waals surface area contributed by atoms with E-state index in [0.29, 0.717) is 32.5 Å². The molecular formula is C15H29N3O3. The van der Waals surface area contributed by atoms with E-state index in [1.165, 1.54) is 4.90 Å². The van der Waals surface area contributed by atoms with E-state index in [1.807, 2.05) is 34.6 Å². The topological polar surface area (TPSA) is 78.5 Å². The zero-order valence-corrected chi connectivity index (χ0v) is 13.9. The van der Waals surface area contributed by atoms with Crippen LogP contribution in [-0.4, -0.2) is 48.8 Å². The standard InChI is InChI=1S/C15H29N3O3/c1-6-16-12(19)11-18(7-2)13(20)9-8-10-17-14(21)15(3,4)5/h6-11H2,1-5H3,(H,16,19)(H,17,21). The largest absolute Gasteiger partial charge is 0.356 e. The van der Waals surface area contributed by atoms with Crippen LogP contribution in [0.4, 0.5) is 0 Å². The van der Waals surface area contributed by atoms with Crippen molar-refractivity contribution in [3.8, 4) is 0 Å². The summed E-state index contributed by atoms with van der Waals surface area (Å²) in [7, 11) is 0. The van der Waals surface area contributed by atoms with Crippen LogP contribution in [-0.2, 0) is 14.4 Å². The molecule has 0 aliphatic carbocycles. The number of hydrogen-bond acceptors (Lipinski definition) is 3. The zero-order chi connectivity index (χ0) is 16.5. The number of carbonyl (C=O) groups is 3. The molecule has 0 aromatic rings. The van der Waals surface area contributed by atoms with Crippen LogP contribution in [0.25, 0.3) is 0 Å². The molecule has 21 heavy (non-hydrogen) atoms. The Labute approximate surface area is 127 Å². The fourth-order valence-electron chi connectivity index (χ4n) is 1.67. The maximum Gasteiger partial charge on any atom is 0.239 e. The first kappa shape index (κ1) is 19.4. The Morgan fingerprint density at radius 3 is 2.14 bits per heavy atom. The molecule has 0 aliphatic rings. The quantitative estimate of drug-likeness (QED) is 0.654. The average molecular weight is 299 g/mol. The fraction of sp³-hybridized carbons (Fsp3) is 0.800. The molecule has 0 aromatic heterocycles. The van der Waals surface area contributed by atoms with Gasteiger partial charge in [-0.2, -0.15) is 0 Å². The lowest BCUT2D eigenvalue weighted by Crippen LogP contribution is -2.41. The van der Waals surface area contributed by atoms with E-state index in [2.05, 4.69) is 10.6 Å². The fourth-order valence-corrected chi connectivity index (χ4v) is 1.67. The Morgan fingerprint density at radius 1 is 1.05 bits per heavy atom. The van der Waals surface area contributed by atoms with Crippen molar-refractivity contribution in [1.82, 2.24) is 15.5 Å². The van der Waals surface area contributed by atoms with Crippen LogP contribution < -0.4 is 10.6 Å². The Morgan fingerprint density at radius 2 is 1.67 bits per heavy atom. The third-order valence-corrected chi connectivity index (χ3v) is 2.98. The minimum Gasteiger partial charge on any atom is -0.356 e. The summed E-state index contributed by atoms with van der Waals surface area (Å²) in [4.78, 5) is 36.7. The van der Waals surface area contributed by atoms with Gasteiger partial charge in [-0.3, -0.25) is 14.4 Å². The van der Waals surface area contributed by atoms with Gasteiger partial charge in [0.15, 0.2) is 0 Å². The molecule has 0 bridgehead atoms. The Balaban J connectivity index is 4.06. The van der Waals surface area contributed by atoms with Crippen LogP contribution in [0.3, 0.4) is 0 Å². The molecule has 2 N–H and O–H groups in total. The van der Waals surface area contributed by atoms with Crippen LogP contribution in [0, 0.1) is 5.41 Å². The van der Waals surface area contributed by atoms with Gasteiger partial charge >= 0.3 is 0 Å². The molecule has 0 atom stereocenters. The molecule has 6 heteroatoms. The number of likely N-dealkylation sites (N-methyl/N-ethyl adjacent to an activating group) is 2. The van der Waals surface area contributed by atoms with Gasteiger partial charge in [0, 0.05) is 31.5 Å². The van der Waals surface area contributed by atoms with E-state index in [-0.39, 0.29) is 24.3 Å². The summed E-state index contributed by atoms with van der Waals surface area (Å²) in [6.07, 6.45) is 0.907. The van der Waals surface area contributed by atoms with E-state index < -0.39 is 5.41 Å². The summed E-state index contributed by atoms with van der Waals surface area (Å²) in [5, 5.41) is 5.48. The van der Waals surface area contributed by atoms with Crippen LogP contribution in [0.15, 0.2) is 0 Å². The summed E-state index contributed by atoms with van der Waals surface area (Å²) in [5.74, 6) is -0.230. The first-order chi connectivity index (χ1) is 9.72. The van der Waals surface area contributed by atoms with Crippen molar-refractivity contribution in [3.63, 3.8) is 0 Å². The van der Waals surface area contributed by atoms with Crippen molar-refractivity contribution >= 4 is 17.7 Å². The molecule has 0 heterocycles. The molecule has 0 aliphatic heterocycles. The highest BCUT2D eigenvalue weighted by Gasteiger charge is 2.20. The Kier molecular flexibility index (Phi) is 8.66. The molecule has 122 valence electrons. The molecular weight excluding hydrogens is 270 g/mol. The number of nitrogens with zero attached hydrogens (tertiary/aromatic N) is 1. The van der Waals surface area contributed by atoms with Gasteiger partial charge in [0.25, 0.3) is 0 Å². The minimum absolute atomic E-state index is 0.0235. The van der Waals surface area contributed by atoms with E-state index in [0.717, 1.165) is 0 Å². The highest BCUT2D eigenvalue weighted by molar-refractivity contribution is 5.84. The number of carbonyl (C=O) groups excluding carboxylic acids is 3. The molecule has 0 unspecified atom stereocenters. The first-order valence-electron chi connectivity index (χ1n) is 7.55. The Hall–Kier alpha value is -1.59. The monoisotopic (exact) mass is 299 g/mol. The summed E-state index contributed by atoms with van der Waals surface area (Å²) < 4.78 is 0. The summed E-state index contributed by atoms with van der Waals surface area (Å²) in [6, 6.07) is 0. The lowest BCUT2D eigenvalue weighted by molar-refractivity contribution is -0.136. The molecule has 0 spiro atoms. The summed E-state index contributed by atoms with van der Waals surface area (Å²) in [5.41, 5.74) is -0.419. The SMILES string of the molecule is CCNC(=O)CN(CC)C(=O)CCCNC(=O)C(C)(C)C. The Bertz CT molecular complexity index is 362. The van der Waals surface area contributed by atoms with Crippen LogP contribution in [0.2, 0.25) is 0 Å². The van der Waals surface area contributed by atoms with Crippen molar-refractivity contribution < 1.29 is 14.4 Å². The van der Waals surface area contributed by atoms with Crippen LogP contribution in [0.1, 0.15) is 47.5 Å². The van der Waals surface area contributed by atoms with Crippen molar-refractivity contribution in [2.75, 3.05) is 26.2 Å². The number of hydrogen-bond donors (Lipinski definition) is 2. The van der Waals surface area contributed by atoms with Gasteiger partial charge in [-0.15, -0.1) is 0 Å². The second-order valence-corrected chi connectivity index (χ2v) is 5.97. The molecule has 3 amide bonds.